The van der Waals surface area contributed by atoms with Gasteiger partial charge in [-0.05, 0) is 56.7 Å². The third-order valence-electron chi connectivity index (χ3n) is 10.5. The quantitative estimate of drug-likeness (QED) is 0.223. The number of hydrogen-bond acceptors (Lipinski definition) is 10. The number of carbonyl (C=O) groups excluding carboxylic acids is 3. The van der Waals surface area contributed by atoms with E-state index >= 15 is 0 Å². The molecule has 0 bridgehead atoms. The van der Waals surface area contributed by atoms with Crippen LogP contribution in [0, 0.1) is 5.92 Å². The van der Waals surface area contributed by atoms with Gasteiger partial charge in [0.05, 0.1) is 47.2 Å². The summed E-state index contributed by atoms with van der Waals surface area (Å²) in [6.07, 6.45) is 7.73. The summed E-state index contributed by atoms with van der Waals surface area (Å²) in [5, 5.41) is 22.7. The van der Waals surface area contributed by atoms with Gasteiger partial charge in [0.25, 0.3) is 11.8 Å². The van der Waals surface area contributed by atoms with Gasteiger partial charge >= 0.3 is 0 Å². The van der Waals surface area contributed by atoms with Crippen LogP contribution in [0.1, 0.15) is 76.9 Å². The number of amides is 3. The Morgan fingerprint density at radius 3 is 2.51 bits per heavy atom. The molecule has 14 heteroatoms. The van der Waals surface area contributed by atoms with Gasteiger partial charge in [0.15, 0.2) is 11.5 Å². The van der Waals surface area contributed by atoms with Crippen LogP contribution in [0.4, 0.5) is 22.9 Å². The fraction of sp³-hybridized carbons (Fsp3) is 0.432. The number of aromatic nitrogens is 5. The lowest BCUT2D eigenvalue weighted by Crippen LogP contribution is -2.48. The Bertz CT molecular complexity index is 2030. The summed E-state index contributed by atoms with van der Waals surface area (Å²) in [6, 6.07) is 13.9. The van der Waals surface area contributed by atoms with Crippen molar-refractivity contribution in [2.24, 2.45) is 5.92 Å². The number of rotatable bonds is 10. The second-order valence-electron chi connectivity index (χ2n) is 14.5. The van der Waals surface area contributed by atoms with Crippen molar-refractivity contribution in [1.82, 2.24) is 40.1 Å². The van der Waals surface area contributed by atoms with Crippen LogP contribution in [0.5, 0.6) is 0 Å². The van der Waals surface area contributed by atoms with Crippen molar-refractivity contribution >= 4 is 40.6 Å². The minimum atomic E-state index is -0.289. The van der Waals surface area contributed by atoms with Crippen molar-refractivity contribution in [3.8, 4) is 11.1 Å². The van der Waals surface area contributed by atoms with E-state index in [-0.39, 0.29) is 41.4 Å². The van der Waals surface area contributed by atoms with E-state index in [0.717, 1.165) is 98.6 Å². The molecule has 0 radical (unpaired) electrons. The standard InChI is InChI=1S/C37H41N11O3/c1-45-21-31-27(17-38-48(31)25-19-46(20-25)18-24-6-4-9-29(39-24)37(51)47-14-2-3-15-47)26-7-5-8-28(34(26)45)41-30-16-32(42-35(49)22-10-11-22)43-44-33(30)36(50)40-23-12-13-23/h4-9,16-17,22-23,25H,2-3,10-15,18-21H2,1H3,(H,40,50)(H2,41,42,43,49). The molecule has 51 heavy (non-hydrogen) atoms. The topological polar surface area (TPSA) is 154 Å². The van der Waals surface area contributed by atoms with Gasteiger partial charge in [-0.25, -0.2) is 4.98 Å². The average Bonchev–Trinajstić information content (AvgIpc) is 4.03. The van der Waals surface area contributed by atoms with Gasteiger partial charge in [-0.3, -0.25) is 24.0 Å². The third kappa shape index (κ3) is 6.28. The Balaban J connectivity index is 0.925. The number of carbonyl (C=O) groups is 3. The molecule has 6 heterocycles. The summed E-state index contributed by atoms with van der Waals surface area (Å²) < 4.78 is 2.16. The Hall–Kier alpha value is -5.37. The maximum Gasteiger partial charge on any atom is 0.274 e. The van der Waals surface area contributed by atoms with Gasteiger partial charge < -0.3 is 25.8 Å². The van der Waals surface area contributed by atoms with Gasteiger partial charge in [0.2, 0.25) is 5.91 Å². The number of fused-ring (bicyclic) bond motifs is 3. The number of benzene rings is 1. The second-order valence-corrected chi connectivity index (χ2v) is 14.5. The van der Waals surface area contributed by atoms with Crippen LogP contribution in [0.2, 0.25) is 0 Å². The molecule has 4 aromatic rings. The number of hydrogen-bond donors (Lipinski definition) is 3. The molecular formula is C37H41N11O3. The fourth-order valence-electron chi connectivity index (χ4n) is 7.40. The molecule has 4 fully saturated rings. The van der Waals surface area contributed by atoms with Gasteiger partial charge in [-0.1, -0.05) is 18.2 Å². The van der Waals surface area contributed by atoms with Crippen molar-refractivity contribution in [2.75, 3.05) is 48.8 Å². The minimum absolute atomic E-state index is 0.0134. The Morgan fingerprint density at radius 1 is 0.922 bits per heavy atom. The lowest BCUT2D eigenvalue weighted by Gasteiger charge is -2.40. The van der Waals surface area contributed by atoms with Gasteiger partial charge in [-0.15, -0.1) is 10.2 Å². The first-order chi connectivity index (χ1) is 24.9. The first-order valence-corrected chi connectivity index (χ1v) is 18.0. The number of nitrogens with one attached hydrogen (secondary N) is 3. The third-order valence-corrected chi connectivity index (χ3v) is 10.5. The van der Waals surface area contributed by atoms with Crippen LogP contribution in [0.25, 0.3) is 11.1 Å². The molecule has 3 aromatic heterocycles. The van der Waals surface area contributed by atoms with Gasteiger partial charge in [0, 0.05) is 68.9 Å². The number of anilines is 4. The van der Waals surface area contributed by atoms with E-state index in [0.29, 0.717) is 30.3 Å². The van der Waals surface area contributed by atoms with Crippen LogP contribution in [0.3, 0.4) is 0 Å². The van der Waals surface area contributed by atoms with Crippen molar-refractivity contribution < 1.29 is 14.4 Å². The molecule has 3 aliphatic heterocycles. The number of likely N-dealkylation sites (tertiary alicyclic amines) is 2. The molecule has 1 aromatic carbocycles. The molecule has 14 nitrogen and oxygen atoms in total. The summed E-state index contributed by atoms with van der Waals surface area (Å²) in [5.74, 6) is -0.00691. The SMILES string of the molecule is CN1Cc2c(cnn2C2CN(Cc3cccc(C(=O)N4CCCC4)n3)C2)-c2cccc(Nc3cc(NC(=O)C4CC4)nnc3C(=O)NC3CC3)c21. The highest BCUT2D eigenvalue weighted by atomic mass is 16.2. The minimum Gasteiger partial charge on any atom is -0.366 e. The monoisotopic (exact) mass is 687 g/mol. The molecule has 0 unspecified atom stereocenters. The van der Waals surface area contributed by atoms with Crippen LogP contribution >= 0.6 is 0 Å². The zero-order valence-electron chi connectivity index (χ0n) is 28.6. The summed E-state index contributed by atoms with van der Waals surface area (Å²) in [4.78, 5) is 49.8. The van der Waals surface area contributed by atoms with E-state index in [4.69, 9.17) is 10.1 Å². The zero-order chi connectivity index (χ0) is 34.6. The predicted octanol–water partition coefficient (Wildman–Crippen LogP) is 3.96. The van der Waals surface area contributed by atoms with E-state index in [2.05, 4.69) is 53.7 Å². The molecule has 2 saturated carbocycles. The number of para-hydroxylation sites is 1. The Labute approximate surface area is 295 Å². The summed E-state index contributed by atoms with van der Waals surface area (Å²) in [6.45, 7) is 4.67. The first-order valence-electron chi connectivity index (χ1n) is 18.0. The highest BCUT2D eigenvalue weighted by molar-refractivity contribution is 6.01. The molecule has 5 aliphatic rings. The summed E-state index contributed by atoms with van der Waals surface area (Å²) in [5.41, 5.74) is 7.19. The first kappa shape index (κ1) is 31.6. The smallest absolute Gasteiger partial charge is 0.274 e. The highest BCUT2D eigenvalue weighted by Crippen LogP contribution is 2.45. The molecule has 2 saturated heterocycles. The van der Waals surface area contributed by atoms with E-state index in [1.165, 1.54) is 0 Å². The lowest BCUT2D eigenvalue weighted by molar-refractivity contribution is -0.117. The average molecular weight is 688 g/mol. The van der Waals surface area contributed by atoms with E-state index in [1.54, 1.807) is 6.07 Å². The highest BCUT2D eigenvalue weighted by Gasteiger charge is 2.35. The summed E-state index contributed by atoms with van der Waals surface area (Å²) >= 11 is 0. The van der Waals surface area contributed by atoms with Crippen molar-refractivity contribution in [1.29, 1.82) is 0 Å². The molecular weight excluding hydrogens is 646 g/mol. The molecule has 9 rings (SSSR count). The summed E-state index contributed by atoms with van der Waals surface area (Å²) in [7, 11) is 2.06. The van der Waals surface area contributed by atoms with E-state index in [9.17, 15) is 14.4 Å². The van der Waals surface area contributed by atoms with Crippen molar-refractivity contribution in [3.05, 3.63) is 71.4 Å². The van der Waals surface area contributed by atoms with Crippen LogP contribution in [-0.2, 0) is 17.9 Å². The van der Waals surface area contributed by atoms with Crippen LogP contribution < -0.4 is 20.9 Å². The molecule has 2 aliphatic carbocycles. The normalized spacial score (nSPS) is 18.5. The second kappa shape index (κ2) is 12.7. The Morgan fingerprint density at radius 2 is 1.73 bits per heavy atom. The largest absolute Gasteiger partial charge is 0.366 e. The molecule has 0 atom stereocenters. The van der Waals surface area contributed by atoms with Crippen molar-refractivity contribution in [2.45, 2.75) is 63.7 Å². The van der Waals surface area contributed by atoms with Crippen LogP contribution in [0.15, 0.2) is 48.7 Å². The maximum absolute atomic E-state index is 13.2. The molecule has 262 valence electrons. The van der Waals surface area contributed by atoms with Gasteiger partial charge in [-0.2, -0.15) is 5.10 Å². The van der Waals surface area contributed by atoms with E-state index < -0.39 is 0 Å². The van der Waals surface area contributed by atoms with Gasteiger partial charge in [0.1, 0.15) is 5.69 Å². The lowest BCUT2D eigenvalue weighted by atomic mass is 9.97. The number of nitrogens with zero attached hydrogens (tertiary/aromatic N) is 8. The molecule has 3 amide bonds. The Kier molecular flexibility index (Phi) is 7.90. The zero-order valence-corrected chi connectivity index (χ0v) is 28.6. The van der Waals surface area contributed by atoms with Crippen LogP contribution in [-0.4, -0.2) is 91.8 Å². The predicted molar refractivity (Wildman–Crippen MR) is 191 cm³/mol. The molecule has 3 N–H and O–H groups in total. The number of pyridine rings is 1. The van der Waals surface area contributed by atoms with Crippen molar-refractivity contribution in [3.63, 3.8) is 0 Å². The maximum atomic E-state index is 13.2. The van der Waals surface area contributed by atoms with E-state index in [1.807, 2.05) is 41.4 Å². The fourth-order valence-corrected chi connectivity index (χ4v) is 7.40. The molecule has 0 spiro atoms.